The molecular weight excluding hydrogens is 1220 g/mol. The summed E-state index contributed by atoms with van der Waals surface area (Å²) in [6.07, 6.45) is 0.550. The van der Waals surface area contributed by atoms with Crippen LogP contribution in [0.3, 0.4) is 0 Å². The molecule has 27 heteroatoms. The van der Waals surface area contributed by atoms with E-state index < -0.39 is 84.7 Å². The number of rotatable bonds is 24. The van der Waals surface area contributed by atoms with Crippen LogP contribution >= 0.6 is 0 Å². The van der Waals surface area contributed by atoms with Gasteiger partial charge in [0.15, 0.2) is 26.1 Å². The largest absolute Gasteiger partial charge is 0.480 e. The lowest BCUT2D eigenvalue weighted by atomic mass is 10.0. The first-order valence-electron chi connectivity index (χ1n) is 27.9. The van der Waals surface area contributed by atoms with Gasteiger partial charge in [0.2, 0.25) is 0 Å². The molecule has 94 heavy (non-hydrogen) atoms. The van der Waals surface area contributed by atoms with Gasteiger partial charge in [0.1, 0.15) is 28.4 Å². The summed E-state index contributed by atoms with van der Waals surface area (Å²) in [5.74, 6) is -12.4. The normalized spacial score (nSPS) is 10.4. The molecule has 484 valence electrons. The van der Waals surface area contributed by atoms with Gasteiger partial charge >= 0.3 is 29.8 Å². The molecule has 3 amide bonds. The third-order valence-corrected chi connectivity index (χ3v) is 14.3. The van der Waals surface area contributed by atoms with Crippen LogP contribution in [0.4, 0.5) is 0 Å². The van der Waals surface area contributed by atoms with Gasteiger partial charge in [-0.05, 0) is 73.9 Å². The van der Waals surface area contributed by atoms with Crippen LogP contribution in [-0.2, 0) is 57.9 Å². The van der Waals surface area contributed by atoms with Crippen molar-refractivity contribution in [1.29, 1.82) is 5.26 Å². The smallest absolute Gasteiger partial charge is 0.343 e. The van der Waals surface area contributed by atoms with Gasteiger partial charge in [0.25, 0.3) is 35.1 Å². The van der Waals surface area contributed by atoms with Gasteiger partial charge in [-0.15, -0.1) is 0 Å². The number of fused-ring (bicyclic) bond motifs is 3. The summed E-state index contributed by atoms with van der Waals surface area (Å²) in [7, 11) is 2.36. The Kier molecular flexibility index (Phi) is 23.7. The Balaban J connectivity index is 0.000000219. The summed E-state index contributed by atoms with van der Waals surface area (Å²) in [5, 5.41) is 35.8. The number of hydrogen-bond acceptors (Lipinski definition) is 18. The van der Waals surface area contributed by atoms with Gasteiger partial charge in [-0.2, -0.15) is 5.26 Å². The maximum absolute atomic E-state index is 12.7. The zero-order valence-electron chi connectivity index (χ0n) is 51.2. The van der Waals surface area contributed by atoms with Gasteiger partial charge in [0, 0.05) is 43.6 Å². The SMILES string of the molecule is CC#N.COC(=O)COc1c(C(=O)O)ccc2c1c(C(=O)C(N)=O)c(C)n2Cc1ccccc1.COC(=O)COc1c(C=O)ccc2c1c(C(=O)C(N)=O)c(C)n2Cc1ccccc1.Cc1c(C(=O)C(N)=O)c2c(OCC(=O)O)c(C(=O)O)ccc2n1Cc1ccccc1. The lowest BCUT2D eigenvalue weighted by Gasteiger charge is -2.12. The summed E-state index contributed by atoms with van der Waals surface area (Å²) >= 11 is 0. The number of aromatic nitrogens is 3. The van der Waals surface area contributed by atoms with E-state index in [1.807, 2.05) is 95.6 Å². The van der Waals surface area contributed by atoms with Crippen molar-refractivity contribution in [2.24, 2.45) is 17.2 Å². The molecule has 9 aromatic rings. The topological polar surface area (TPSA) is 428 Å². The van der Waals surface area contributed by atoms with Crippen molar-refractivity contribution < 1.29 is 96.5 Å². The van der Waals surface area contributed by atoms with Crippen molar-refractivity contribution >= 4 is 104 Å². The minimum atomic E-state index is -1.37. The van der Waals surface area contributed by atoms with Crippen molar-refractivity contribution in [1.82, 2.24) is 13.7 Å². The molecule has 0 bridgehead atoms. The van der Waals surface area contributed by atoms with E-state index in [2.05, 4.69) is 9.47 Å². The molecular formula is C67H61N7O20. The Bertz CT molecular complexity index is 4520. The zero-order valence-corrected chi connectivity index (χ0v) is 51.2. The third kappa shape index (κ3) is 15.8. The number of benzene rings is 6. The number of ketones is 3. The van der Waals surface area contributed by atoms with E-state index in [1.165, 1.54) is 44.4 Å². The lowest BCUT2D eigenvalue weighted by Crippen LogP contribution is -2.24. The molecule has 3 heterocycles. The average Bonchev–Trinajstić information content (AvgIpc) is 1.61. The third-order valence-electron chi connectivity index (χ3n) is 14.3. The minimum absolute atomic E-state index is 0.0208. The average molecular weight is 1280 g/mol. The second-order valence-corrected chi connectivity index (χ2v) is 20.1. The Morgan fingerprint density at radius 2 is 0.745 bits per heavy atom. The predicted molar refractivity (Wildman–Crippen MR) is 336 cm³/mol. The maximum Gasteiger partial charge on any atom is 0.343 e. The van der Waals surface area contributed by atoms with Crippen molar-refractivity contribution in [2.75, 3.05) is 34.0 Å². The summed E-state index contributed by atoms with van der Waals surface area (Å²) in [6, 6.07) is 38.7. The molecule has 27 nitrogen and oxygen atoms in total. The van der Waals surface area contributed by atoms with E-state index in [0.717, 1.165) is 23.8 Å². The van der Waals surface area contributed by atoms with Crippen LogP contribution in [0.5, 0.6) is 17.2 Å². The number of Topliss-reactive ketones (excluding diaryl/α,β-unsaturated/α-hetero) is 3. The fraction of sp³-hybridized carbons (Fsp3) is 0.179. The fourth-order valence-electron chi connectivity index (χ4n) is 10.1. The van der Waals surface area contributed by atoms with Gasteiger partial charge in [-0.1, -0.05) is 91.0 Å². The number of nitrogens with two attached hydrogens (primary N) is 3. The van der Waals surface area contributed by atoms with Crippen LogP contribution in [0.1, 0.15) is 103 Å². The van der Waals surface area contributed by atoms with Crippen molar-refractivity contribution in [3.05, 3.63) is 195 Å². The molecule has 0 spiro atoms. The van der Waals surface area contributed by atoms with E-state index in [4.69, 9.17) is 41.8 Å². The van der Waals surface area contributed by atoms with Crippen molar-refractivity contribution in [2.45, 2.75) is 47.3 Å². The lowest BCUT2D eigenvalue weighted by molar-refractivity contribution is -0.143. The molecule has 3 aromatic heterocycles. The maximum atomic E-state index is 12.7. The molecule has 6 aromatic carbocycles. The highest BCUT2D eigenvalue weighted by atomic mass is 16.6. The molecule has 0 aliphatic rings. The number of carbonyl (C=O) groups is 12. The summed E-state index contributed by atoms with van der Waals surface area (Å²) in [6.45, 7) is 5.54. The molecule has 0 fully saturated rings. The fourth-order valence-corrected chi connectivity index (χ4v) is 10.1. The number of primary amides is 3. The number of carboxylic acids is 3. The highest BCUT2D eigenvalue weighted by Crippen LogP contribution is 2.40. The number of hydrogen-bond donors (Lipinski definition) is 6. The zero-order chi connectivity index (χ0) is 69.2. The van der Waals surface area contributed by atoms with E-state index in [-0.39, 0.29) is 66.8 Å². The number of esters is 2. The number of nitriles is 1. The van der Waals surface area contributed by atoms with Gasteiger partial charge in [-0.25, -0.2) is 24.0 Å². The molecule has 0 radical (unpaired) electrons. The van der Waals surface area contributed by atoms with Gasteiger partial charge in [-0.3, -0.25) is 33.6 Å². The second kappa shape index (κ2) is 31.6. The summed E-state index contributed by atoms with van der Waals surface area (Å²) in [4.78, 5) is 142. The van der Waals surface area contributed by atoms with Crippen LogP contribution in [0.15, 0.2) is 127 Å². The summed E-state index contributed by atoms with van der Waals surface area (Å²) in [5.41, 5.74) is 20.6. The Hall–Kier alpha value is -12.7. The van der Waals surface area contributed by atoms with Gasteiger partial charge in [0.05, 0.1) is 75.3 Å². The highest BCUT2D eigenvalue weighted by Gasteiger charge is 2.32. The number of aldehydes is 1. The van der Waals surface area contributed by atoms with Crippen molar-refractivity contribution in [3.8, 4) is 23.3 Å². The first-order chi connectivity index (χ1) is 44.8. The van der Waals surface area contributed by atoms with E-state index in [9.17, 15) is 67.7 Å². The van der Waals surface area contributed by atoms with E-state index >= 15 is 0 Å². The number of aromatic carboxylic acids is 2. The predicted octanol–water partition coefficient (Wildman–Crippen LogP) is 6.30. The van der Waals surface area contributed by atoms with Crippen LogP contribution in [0.2, 0.25) is 0 Å². The number of methoxy groups -OCH3 is 2. The Labute approximate surface area is 533 Å². The van der Waals surface area contributed by atoms with Crippen molar-refractivity contribution in [3.63, 3.8) is 0 Å². The van der Waals surface area contributed by atoms with Crippen LogP contribution in [0, 0.1) is 32.1 Å². The Morgan fingerprint density at radius 3 is 1.02 bits per heavy atom. The number of ether oxygens (including phenoxy) is 5. The molecule has 0 atom stereocenters. The van der Waals surface area contributed by atoms with E-state index in [0.29, 0.717) is 59.6 Å². The standard InChI is InChI=1S/C22H20N2O7.C22H20N2O6.C21H18N2O7.C2H3N/c1-12-17(19(26)21(23)27)18-15(24(12)10-13-6-4-3-5-7-13)9-8-14(22(28)29)20(18)31-11-16(25)30-2;1-13-18(20(27)22(23)28)19-16(24(13)10-14-6-4-3-5-7-14)9-8-15(11-25)21(19)30-12-17(26)29-2;1-11-16(18(26)20(22)27)17-14(23(11)9-12-5-3-2-4-6-12)8-7-13(21(28)29)19(17)30-10-15(24)25;1-2-3/h3-9H,10-11H2,1-2H3,(H2,23,27)(H,28,29);3-9,11H,10,12H2,1-2H3,(H2,23,28);2-8H,9-10H2,1H3,(H2,22,27)(H,24,25)(H,28,29);1H3. The second-order valence-electron chi connectivity index (χ2n) is 20.1. The molecule has 0 saturated heterocycles. The molecule has 0 unspecified atom stereocenters. The quantitative estimate of drug-likeness (QED) is 0.0167. The first-order valence-corrected chi connectivity index (χ1v) is 27.9. The first kappa shape index (κ1) is 70.4. The Morgan fingerprint density at radius 1 is 0.457 bits per heavy atom. The molecule has 0 aliphatic carbocycles. The number of amides is 3. The van der Waals surface area contributed by atoms with Crippen LogP contribution in [-0.4, -0.2) is 134 Å². The van der Waals surface area contributed by atoms with Crippen LogP contribution < -0.4 is 31.4 Å². The minimum Gasteiger partial charge on any atom is -0.480 e. The number of carbonyl (C=O) groups excluding carboxylic acids is 9. The number of aliphatic carboxylic acids is 1. The molecule has 9 rings (SSSR count). The number of nitrogens with zero attached hydrogens (tertiary/aromatic N) is 4. The molecule has 0 saturated carbocycles. The monoisotopic (exact) mass is 1280 g/mol. The van der Waals surface area contributed by atoms with E-state index in [1.54, 1.807) is 42.0 Å². The highest BCUT2D eigenvalue weighted by molar-refractivity contribution is 6.46. The molecule has 9 N–H and O–H groups in total. The molecule has 0 aliphatic heterocycles. The number of carboxylic acid groups (broad SMARTS) is 3. The summed E-state index contributed by atoms with van der Waals surface area (Å²) < 4.78 is 30.8. The van der Waals surface area contributed by atoms with Crippen LogP contribution in [0.25, 0.3) is 32.7 Å². The van der Waals surface area contributed by atoms with Gasteiger partial charge < -0.3 is 69.9 Å².